The first-order chi connectivity index (χ1) is 20.0. The quantitative estimate of drug-likeness (QED) is 0.191. The number of H-pyrrole nitrogens is 2. The van der Waals surface area contributed by atoms with Crippen molar-refractivity contribution < 1.29 is 36.9 Å². The van der Waals surface area contributed by atoms with Gasteiger partial charge in [0, 0.05) is 63.1 Å². The zero-order chi connectivity index (χ0) is 30.3. The van der Waals surface area contributed by atoms with Crippen molar-refractivity contribution in [1.29, 1.82) is 0 Å². The second kappa shape index (κ2) is 12.4. The van der Waals surface area contributed by atoms with Crippen molar-refractivity contribution in [2.45, 2.75) is 53.4 Å². The average molecular weight is 618 g/mol. The third kappa shape index (κ3) is 5.91. The number of carbonyl (C=O) groups is 2. The number of carboxylic acid groups (broad SMARTS) is 2. The Kier molecular flexibility index (Phi) is 9.09. The summed E-state index contributed by atoms with van der Waals surface area (Å²) in [7, 11) is 0. The van der Waals surface area contributed by atoms with Gasteiger partial charge in [-0.05, 0) is 98.2 Å². The number of aromatic amines is 2. The van der Waals surface area contributed by atoms with Crippen LogP contribution in [0.1, 0.15) is 84.6 Å². The molecule has 221 valence electrons. The summed E-state index contributed by atoms with van der Waals surface area (Å²) in [5, 5.41) is 18.9. The van der Waals surface area contributed by atoms with Gasteiger partial charge in [-0.2, -0.15) is 0 Å². The maximum Gasteiger partial charge on any atom is 0.303 e. The summed E-state index contributed by atoms with van der Waals surface area (Å²) < 4.78 is 0. The van der Waals surface area contributed by atoms with Crippen LogP contribution in [-0.2, 0) is 26.7 Å². The fraction of sp³-hybridized carbons (Fsp3) is 0.235. The molecule has 8 nitrogen and oxygen atoms in total. The van der Waals surface area contributed by atoms with E-state index in [2.05, 4.69) is 29.2 Å². The van der Waals surface area contributed by atoms with Gasteiger partial charge in [-0.3, -0.25) is 9.59 Å². The monoisotopic (exact) mass is 617 g/mol. The Bertz CT molecular complexity index is 1920. The van der Waals surface area contributed by atoms with Crippen LogP contribution in [0.3, 0.4) is 0 Å². The van der Waals surface area contributed by atoms with Crippen molar-refractivity contribution in [1.82, 2.24) is 19.9 Å². The van der Waals surface area contributed by atoms with Gasteiger partial charge in [0.25, 0.3) is 0 Å². The normalized spacial score (nSPS) is 12.7. The van der Waals surface area contributed by atoms with Gasteiger partial charge in [-0.25, -0.2) is 9.97 Å². The van der Waals surface area contributed by atoms with E-state index in [1.807, 2.05) is 58.0 Å². The van der Waals surface area contributed by atoms with Gasteiger partial charge in [0.15, 0.2) is 0 Å². The SMILES string of the molecule is C=Cc1c(C)c2cc3[nH]c(cc4nc(cc5nc(cc1[nH]2)C(C)=C5CCC(=O)O)C(CCC(=O)O)=C4C)c(C)c3C=C.[Mn]. The van der Waals surface area contributed by atoms with Crippen LogP contribution in [0.2, 0.25) is 0 Å². The minimum absolute atomic E-state index is 0. The predicted molar refractivity (Wildman–Crippen MR) is 169 cm³/mol. The number of nitrogens with zero attached hydrogens (tertiary/aromatic N) is 2. The van der Waals surface area contributed by atoms with Crippen LogP contribution in [0.15, 0.2) is 37.4 Å². The summed E-state index contributed by atoms with van der Waals surface area (Å²) in [5.41, 5.74) is 13.7. The molecule has 3 aromatic heterocycles. The molecule has 0 atom stereocenters. The maximum atomic E-state index is 11.5. The zero-order valence-corrected chi connectivity index (χ0v) is 25.9. The van der Waals surface area contributed by atoms with E-state index in [0.29, 0.717) is 24.2 Å². The Morgan fingerprint density at radius 1 is 0.674 bits per heavy atom. The molecule has 0 spiro atoms. The molecular weight excluding hydrogens is 583 g/mol. The second-order valence-corrected chi connectivity index (χ2v) is 10.7. The minimum Gasteiger partial charge on any atom is -0.481 e. The van der Waals surface area contributed by atoms with Gasteiger partial charge >= 0.3 is 11.9 Å². The van der Waals surface area contributed by atoms with Crippen molar-refractivity contribution in [3.05, 3.63) is 82.5 Å². The van der Waals surface area contributed by atoms with E-state index in [1.54, 1.807) is 0 Å². The van der Waals surface area contributed by atoms with Gasteiger partial charge < -0.3 is 20.2 Å². The van der Waals surface area contributed by atoms with Crippen molar-refractivity contribution in [2.24, 2.45) is 0 Å². The van der Waals surface area contributed by atoms with Crippen LogP contribution in [0.4, 0.5) is 0 Å². The van der Waals surface area contributed by atoms with E-state index >= 15 is 0 Å². The molecule has 43 heavy (non-hydrogen) atoms. The average Bonchev–Trinajstić information content (AvgIpc) is 3.59. The number of nitrogens with one attached hydrogen (secondary N) is 2. The molecule has 4 N–H and O–H groups in total. The molecule has 2 aliphatic heterocycles. The molecular formula is C34H34MnN4O4. The Balaban J connectivity index is 0.00000423. The third-order valence-corrected chi connectivity index (χ3v) is 8.22. The number of hydrogen-bond acceptors (Lipinski definition) is 4. The van der Waals surface area contributed by atoms with Gasteiger partial charge in [0.1, 0.15) is 0 Å². The van der Waals surface area contributed by atoms with Crippen molar-refractivity contribution in [3.63, 3.8) is 0 Å². The summed E-state index contributed by atoms with van der Waals surface area (Å²) in [4.78, 5) is 40.0. The number of carboxylic acids is 2. The van der Waals surface area contributed by atoms with Crippen LogP contribution in [0, 0.1) is 13.8 Å². The van der Waals surface area contributed by atoms with Crippen molar-refractivity contribution in [3.8, 4) is 0 Å². The summed E-state index contributed by atoms with van der Waals surface area (Å²) in [6, 6.07) is 7.88. The van der Waals surface area contributed by atoms with E-state index in [9.17, 15) is 19.8 Å². The van der Waals surface area contributed by atoms with Gasteiger partial charge in [-0.15, -0.1) is 0 Å². The number of allylic oxidation sites excluding steroid dienone is 4. The van der Waals surface area contributed by atoms with Crippen LogP contribution in [0.25, 0.3) is 56.5 Å². The molecule has 1 radical (unpaired) electrons. The van der Waals surface area contributed by atoms with Gasteiger partial charge in [-0.1, -0.05) is 25.3 Å². The molecule has 3 aromatic rings. The number of aromatic nitrogens is 4. The van der Waals surface area contributed by atoms with Crippen LogP contribution in [-0.4, -0.2) is 42.1 Å². The minimum atomic E-state index is -0.889. The first-order valence-electron chi connectivity index (χ1n) is 13.9. The van der Waals surface area contributed by atoms with E-state index in [1.165, 1.54) is 0 Å². The van der Waals surface area contributed by atoms with Crippen LogP contribution >= 0.6 is 0 Å². The van der Waals surface area contributed by atoms with E-state index < -0.39 is 11.9 Å². The maximum absolute atomic E-state index is 11.5. The summed E-state index contributed by atoms with van der Waals surface area (Å²) >= 11 is 0. The zero-order valence-electron chi connectivity index (χ0n) is 24.7. The number of hydrogen-bond donors (Lipinski definition) is 4. The topological polar surface area (TPSA) is 132 Å². The summed E-state index contributed by atoms with van der Waals surface area (Å²) in [6.07, 6.45) is 4.20. The Labute approximate surface area is 260 Å². The molecule has 0 aliphatic carbocycles. The van der Waals surface area contributed by atoms with Crippen LogP contribution < -0.4 is 0 Å². The summed E-state index contributed by atoms with van der Waals surface area (Å²) in [6.45, 7) is 16.1. The van der Waals surface area contributed by atoms with Crippen LogP contribution in [0.5, 0.6) is 0 Å². The molecule has 0 fully saturated rings. The number of aliphatic carboxylic acids is 2. The Hall–Kier alpha value is -4.46. The fourth-order valence-electron chi connectivity index (χ4n) is 5.77. The molecule has 5 rings (SSSR count). The molecule has 0 aromatic carbocycles. The smallest absolute Gasteiger partial charge is 0.303 e. The number of fused-ring (bicyclic) bond motifs is 8. The first-order valence-corrected chi connectivity index (χ1v) is 13.9. The molecule has 2 aliphatic rings. The van der Waals surface area contributed by atoms with Gasteiger partial charge in [0.05, 0.1) is 22.8 Å². The van der Waals surface area contributed by atoms with E-state index in [0.717, 1.165) is 78.0 Å². The van der Waals surface area contributed by atoms with Gasteiger partial charge in [0.2, 0.25) is 0 Å². The van der Waals surface area contributed by atoms with E-state index in [-0.39, 0.29) is 29.9 Å². The molecule has 8 bridgehead atoms. The summed E-state index contributed by atoms with van der Waals surface area (Å²) in [5.74, 6) is -1.78. The van der Waals surface area contributed by atoms with Crippen molar-refractivity contribution in [2.75, 3.05) is 0 Å². The molecule has 9 heteroatoms. The Morgan fingerprint density at radius 2 is 1.07 bits per heavy atom. The molecule has 0 saturated heterocycles. The Morgan fingerprint density at radius 3 is 1.49 bits per heavy atom. The fourth-order valence-corrected chi connectivity index (χ4v) is 5.77. The number of aryl methyl sites for hydroxylation is 2. The molecule has 0 saturated carbocycles. The standard InChI is InChI=1S/C34H34N4O4.Mn/c1-7-21-17(3)25-13-26-19(5)23(9-11-33(39)40)31(37-26)16-32-24(10-12-34(41)42)20(6)28(38-32)15-30-22(8-2)18(4)27(36-30)14-29(21)35-25;/h7-8,13-16,35-36H,1-2,9-12H2,3-6H3,(H,39,40)(H,41,42);. The first kappa shape index (κ1) is 31.5. The third-order valence-electron chi connectivity index (χ3n) is 8.22. The molecule has 0 amide bonds. The van der Waals surface area contributed by atoms with E-state index in [4.69, 9.17) is 9.97 Å². The molecule has 5 heterocycles. The second-order valence-electron chi connectivity index (χ2n) is 10.7. The predicted octanol–water partition coefficient (Wildman–Crippen LogP) is 7.81. The van der Waals surface area contributed by atoms with Crippen molar-refractivity contribution >= 4 is 68.4 Å². The number of rotatable bonds is 8. The largest absolute Gasteiger partial charge is 0.481 e. The molecule has 0 unspecified atom stereocenters.